The highest BCUT2D eigenvalue weighted by Crippen LogP contribution is 2.08. The summed E-state index contributed by atoms with van der Waals surface area (Å²) in [7, 11) is 0. The molecule has 0 saturated carbocycles. The van der Waals surface area contributed by atoms with Gasteiger partial charge < -0.3 is 0 Å². The zero-order chi connectivity index (χ0) is 8.97. The lowest BCUT2D eigenvalue weighted by molar-refractivity contribution is 0.898. The minimum absolute atomic E-state index is 1.04. The van der Waals surface area contributed by atoms with Crippen LogP contribution in [0, 0.1) is 6.92 Å². The fourth-order valence-corrected chi connectivity index (χ4v) is 1.43. The lowest BCUT2D eigenvalue weighted by Gasteiger charge is -2.03. The molecule has 1 aromatic heterocycles. The maximum Gasteiger partial charge on any atom is 0.0406 e. The number of hydrogen-bond donors (Lipinski definition) is 0. The molecule has 0 radical (unpaired) electrons. The van der Waals surface area contributed by atoms with Crippen molar-refractivity contribution < 1.29 is 0 Å². The van der Waals surface area contributed by atoms with Gasteiger partial charge in [-0.15, -0.1) is 0 Å². The fourth-order valence-electron chi connectivity index (χ4n) is 1.43. The fraction of sp³-hybridized carbons (Fsp3) is 0.545. The molecule has 1 rings (SSSR count). The van der Waals surface area contributed by atoms with E-state index in [2.05, 4.69) is 37.9 Å². The zero-order valence-electron chi connectivity index (χ0n) is 8.22. The molecule has 0 bridgehead atoms. The molecule has 0 fully saturated rings. The SMILES string of the molecule is CCCc1cc(C)nc(CC)c1. The van der Waals surface area contributed by atoms with Crippen LogP contribution in [0.15, 0.2) is 12.1 Å². The molecule has 0 amide bonds. The van der Waals surface area contributed by atoms with Gasteiger partial charge in [-0.1, -0.05) is 20.3 Å². The molecule has 0 aliphatic heterocycles. The number of rotatable bonds is 3. The molecule has 0 atom stereocenters. The average molecular weight is 163 g/mol. The van der Waals surface area contributed by atoms with Crippen LogP contribution in [-0.4, -0.2) is 4.98 Å². The highest BCUT2D eigenvalue weighted by molar-refractivity contribution is 5.21. The van der Waals surface area contributed by atoms with Gasteiger partial charge in [0.15, 0.2) is 0 Å². The molecule has 1 heterocycles. The van der Waals surface area contributed by atoms with Crippen LogP contribution in [0.5, 0.6) is 0 Å². The summed E-state index contributed by atoms with van der Waals surface area (Å²) in [5, 5.41) is 0. The van der Waals surface area contributed by atoms with Crippen molar-refractivity contribution in [1.29, 1.82) is 0 Å². The van der Waals surface area contributed by atoms with Crippen LogP contribution in [0.2, 0.25) is 0 Å². The zero-order valence-corrected chi connectivity index (χ0v) is 8.22. The van der Waals surface area contributed by atoms with Gasteiger partial charge in [0.2, 0.25) is 0 Å². The Balaban J connectivity index is 2.90. The summed E-state index contributed by atoms with van der Waals surface area (Å²) in [6.45, 7) is 6.43. The molecule has 0 aromatic carbocycles. The number of hydrogen-bond acceptors (Lipinski definition) is 1. The van der Waals surface area contributed by atoms with Crippen molar-refractivity contribution in [3.63, 3.8) is 0 Å². The Kier molecular flexibility index (Phi) is 3.27. The number of aryl methyl sites for hydroxylation is 3. The van der Waals surface area contributed by atoms with E-state index in [1.165, 1.54) is 24.1 Å². The molecular formula is C11H17N. The standard InChI is InChI=1S/C11H17N/c1-4-6-10-7-9(3)12-11(5-2)8-10/h7-8H,4-6H2,1-3H3. The van der Waals surface area contributed by atoms with E-state index in [1.807, 2.05) is 0 Å². The van der Waals surface area contributed by atoms with Crippen LogP contribution >= 0.6 is 0 Å². The van der Waals surface area contributed by atoms with Gasteiger partial charge in [0, 0.05) is 11.4 Å². The van der Waals surface area contributed by atoms with Crippen molar-refractivity contribution in [1.82, 2.24) is 4.98 Å². The van der Waals surface area contributed by atoms with Crippen molar-refractivity contribution >= 4 is 0 Å². The molecule has 12 heavy (non-hydrogen) atoms. The number of nitrogens with zero attached hydrogens (tertiary/aromatic N) is 1. The minimum atomic E-state index is 1.04. The number of aromatic nitrogens is 1. The highest BCUT2D eigenvalue weighted by Gasteiger charge is 1.97. The van der Waals surface area contributed by atoms with Gasteiger partial charge in [0.05, 0.1) is 0 Å². The Bertz CT molecular complexity index is 253. The van der Waals surface area contributed by atoms with Crippen LogP contribution < -0.4 is 0 Å². The second-order valence-corrected chi connectivity index (χ2v) is 3.21. The largest absolute Gasteiger partial charge is 0.258 e. The smallest absolute Gasteiger partial charge is 0.0406 e. The molecule has 1 nitrogen and oxygen atoms in total. The van der Waals surface area contributed by atoms with Gasteiger partial charge in [-0.3, -0.25) is 4.98 Å². The van der Waals surface area contributed by atoms with E-state index < -0.39 is 0 Å². The number of pyridine rings is 1. The lowest BCUT2D eigenvalue weighted by atomic mass is 10.1. The quantitative estimate of drug-likeness (QED) is 0.667. The van der Waals surface area contributed by atoms with Gasteiger partial charge >= 0.3 is 0 Å². The van der Waals surface area contributed by atoms with Crippen LogP contribution in [0.4, 0.5) is 0 Å². The van der Waals surface area contributed by atoms with E-state index in [-0.39, 0.29) is 0 Å². The first-order chi connectivity index (χ1) is 5.76. The van der Waals surface area contributed by atoms with E-state index in [9.17, 15) is 0 Å². The second-order valence-electron chi connectivity index (χ2n) is 3.21. The van der Waals surface area contributed by atoms with E-state index in [4.69, 9.17) is 0 Å². The summed E-state index contributed by atoms with van der Waals surface area (Å²) in [5.41, 5.74) is 3.80. The molecule has 0 spiro atoms. The molecule has 1 aromatic rings. The van der Waals surface area contributed by atoms with Crippen LogP contribution in [0.3, 0.4) is 0 Å². The molecule has 0 saturated heterocycles. The molecule has 0 unspecified atom stereocenters. The van der Waals surface area contributed by atoms with Crippen molar-refractivity contribution in [2.45, 2.75) is 40.0 Å². The monoisotopic (exact) mass is 163 g/mol. The first-order valence-electron chi connectivity index (χ1n) is 4.72. The first-order valence-corrected chi connectivity index (χ1v) is 4.72. The molecule has 0 N–H and O–H groups in total. The van der Waals surface area contributed by atoms with Crippen molar-refractivity contribution in [2.24, 2.45) is 0 Å². The summed E-state index contributed by atoms with van der Waals surface area (Å²) in [6, 6.07) is 4.40. The lowest BCUT2D eigenvalue weighted by Crippen LogP contribution is -1.94. The molecular weight excluding hydrogens is 146 g/mol. The topological polar surface area (TPSA) is 12.9 Å². The summed E-state index contributed by atoms with van der Waals surface area (Å²) >= 11 is 0. The predicted octanol–water partition coefficient (Wildman–Crippen LogP) is 2.90. The maximum absolute atomic E-state index is 4.43. The van der Waals surface area contributed by atoms with Gasteiger partial charge in [-0.25, -0.2) is 0 Å². The maximum atomic E-state index is 4.43. The third kappa shape index (κ3) is 2.33. The van der Waals surface area contributed by atoms with E-state index in [1.54, 1.807) is 0 Å². The third-order valence-electron chi connectivity index (χ3n) is 1.97. The van der Waals surface area contributed by atoms with Gasteiger partial charge in [0.1, 0.15) is 0 Å². The average Bonchev–Trinajstić information content (AvgIpc) is 2.04. The Morgan fingerprint density at radius 1 is 1.25 bits per heavy atom. The van der Waals surface area contributed by atoms with Gasteiger partial charge in [0.25, 0.3) is 0 Å². The van der Waals surface area contributed by atoms with Gasteiger partial charge in [-0.05, 0) is 37.5 Å². The van der Waals surface area contributed by atoms with Gasteiger partial charge in [-0.2, -0.15) is 0 Å². The van der Waals surface area contributed by atoms with Crippen molar-refractivity contribution in [3.05, 3.63) is 29.1 Å². The molecule has 66 valence electrons. The van der Waals surface area contributed by atoms with Crippen molar-refractivity contribution in [3.8, 4) is 0 Å². The predicted molar refractivity (Wildman–Crippen MR) is 52.3 cm³/mol. The molecule has 0 aliphatic carbocycles. The first kappa shape index (κ1) is 9.24. The minimum Gasteiger partial charge on any atom is -0.258 e. The van der Waals surface area contributed by atoms with Crippen LogP contribution in [-0.2, 0) is 12.8 Å². The normalized spacial score (nSPS) is 10.2. The van der Waals surface area contributed by atoms with Crippen LogP contribution in [0.1, 0.15) is 37.2 Å². The Labute approximate surface area is 74.8 Å². The van der Waals surface area contributed by atoms with Crippen molar-refractivity contribution in [2.75, 3.05) is 0 Å². The molecule has 0 aliphatic rings. The van der Waals surface area contributed by atoms with E-state index >= 15 is 0 Å². The third-order valence-corrected chi connectivity index (χ3v) is 1.97. The Hall–Kier alpha value is -0.850. The van der Waals surface area contributed by atoms with Crippen LogP contribution in [0.25, 0.3) is 0 Å². The summed E-state index contributed by atoms with van der Waals surface area (Å²) in [5.74, 6) is 0. The van der Waals surface area contributed by atoms with E-state index in [0.717, 1.165) is 12.1 Å². The Morgan fingerprint density at radius 2 is 2.00 bits per heavy atom. The Morgan fingerprint density at radius 3 is 2.58 bits per heavy atom. The second kappa shape index (κ2) is 4.24. The summed E-state index contributed by atoms with van der Waals surface area (Å²) < 4.78 is 0. The van der Waals surface area contributed by atoms with E-state index in [0.29, 0.717) is 0 Å². The highest BCUT2D eigenvalue weighted by atomic mass is 14.7. The molecule has 1 heteroatoms. The summed E-state index contributed by atoms with van der Waals surface area (Å²) in [6.07, 6.45) is 3.43. The summed E-state index contributed by atoms with van der Waals surface area (Å²) in [4.78, 5) is 4.43.